The number of rotatable bonds is 8. The Labute approximate surface area is 207 Å². The number of fused-ring (bicyclic) bond motifs is 1. The highest BCUT2D eigenvalue weighted by Crippen LogP contribution is 2.30. The first-order valence-electron chi connectivity index (χ1n) is 11.6. The number of carbonyl (C=O) groups excluding carboxylic acids is 1. The average Bonchev–Trinajstić information content (AvgIpc) is 3.13. The number of nitrogens with one attached hydrogen (secondary N) is 1. The fourth-order valence-electron chi connectivity index (χ4n) is 3.64. The minimum atomic E-state index is -3.63. The van der Waals surface area contributed by atoms with Gasteiger partial charge in [-0.2, -0.15) is 4.31 Å². The standard InChI is InChI=1S/C26H35N3O3S2/c1-17(2)15-29(16-18(3)4)34(31,32)21-12-13-22-23(14-21)33-25(27-22)28-24(30)19-8-10-20(11-9-19)26(5,6)7/h8-14,17-18H,15-16H2,1-7H3,(H,27,28,30). The van der Waals surface area contributed by atoms with Crippen molar-refractivity contribution in [2.45, 2.75) is 58.8 Å². The largest absolute Gasteiger partial charge is 0.298 e. The molecule has 8 heteroatoms. The highest BCUT2D eigenvalue weighted by molar-refractivity contribution is 7.89. The number of hydrogen-bond acceptors (Lipinski definition) is 5. The summed E-state index contributed by atoms with van der Waals surface area (Å²) in [6, 6.07) is 12.5. The molecule has 0 aliphatic heterocycles. The molecule has 1 heterocycles. The number of carbonyl (C=O) groups is 1. The lowest BCUT2D eigenvalue weighted by Crippen LogP contribution is -2.37. The van der Waals surface area contributed by atoms with E-state index in [0.717, 1.165) is 5.56 Å². The van der Waals surface area contributed by atoms with Crippen LogP contribution < -0.4 is 5.32 Å². The van der Waals surface area contributed by atoms with Crippen LogP contribution in [-0.4, -0.2) is 36.7 Å². The molecule has 3 rings (SSSR count). The van der Waals surface area contributed by atoms with E-state index >= 15 is 0 Å². The van der Waals surface area contributed by atoms with E-state index in [-0.39, 0.29) is 28.1 Å². The zero-order chi connectivity index (χ0) is 25.3. The number of benzene rings is 2. The molecule has 3 aromatic rings. The van der Waals surface area contributed by atoms with Gasteiger partial charge in [-0.25, -0.2) is 13.4 Å². The molecule has 184 valence electrons. The third kappa shape index (κ3) is 6.23. The fraction of sp³-hybridized carbons (Fsp3) is 0.462. The van der Waals surface area contributed by atoms with Crippen molar-refractivity contribution in [2.75, 3.05) is 18.4 Å². The Balaban J connectivity index is 1.83. The van der Waals surface area contributed by atoms with Crippen molar-refractivity contribution < 1.29 is 13.2 Å². The number of aromatic nitrogens is 1. The number of nitrogens with zero attached hydrogens (tertiary/aromatic N) is 2. The van der Waals surface area contributed by atoms with Crippen LogP contribution in [0.4, 0.5) is 5.13 Å². The first kappa shape index (κ1) is 26.3. The number of thiazole rings is 1. The van der Waals surface area contributed by atoms with Crippen molar-refractivity contribution in [1.82, 2.24) is 9.29 Å². The van der Waals surface area contributed by atoms with E-state index in [1.54, 1.807) is 22.5 Å². The first-order chi connectivity index (χ1) is 15.8. The molecule has 0 atom stereocenters. The summed E-state index contributed by atoms with van der Waals surface area (Å²) in [6.07, 6.45) is 0. The highest BCUT2D eigenvalue weighted by atomic mass is 32.2. The van der Waals surface area contributed by atoms with E-state index in [0.29, 0.717) is 34.0 Å². The van der Waals surface area contributed by atoms with Gasteiger partial charge in [0.05, 0.1) is 15.1 Å². The van der Waals surface area contributed by atoms with Gasteiger partial charge in [0.15, 0.2) is 5.13 Å². The van der Waals surface area contributed by atoms with Gasteiger partial charge in [-0.1, -0.05) is 71.9 Å². The van der Waals surface area contributed by atoms with E-state index < -0.39 is 10.0 Å². The van der Waals surface area contributed by atoms with Crippen molar-refractivity contribution in [2.24, 2.45) is 11.8 Å². The molecule has 0 unspecified atom stereocenters. The Morgan fingerprint density at radius 2 is 1.59 bits per heavy atom. The summed E-state index contributed by atoms with van der Waals surface area (Å²) >= 11 is 1.27. The molecule has 0 bridgehead atoms. The summed E-state index contributed by atoms with van der Waals surface area (Å²) in [5.41, 5.74) is 2.37. The summed E-state index contributed by atoms with van der Waals surface area (Å²) < 4.78 is 29.0. The van der Waals surface area contributed by atoms with Crippen LogP contribution in [0.15, 0.2) is 47.4 Å². The molecule has 2 aromatic carbocycles. The number of amides is 1. The van der Waals surface area contributed by atoms with Crippen molar-refractivity contribution >= 4 is 42.6 Å². The molecule has 0 saturated carbocycles. The maximum atomic E-state index is 13.4. The molecule has 1 aromatic heterocycles. The Morgan fingerprint density at radius 1 is 1.00 bits per heavy atom. The number of hydrogen-bond donors (Lipinski definition) is 1. The molecule has 0 aliphatic rings. The Hall–Kier alpha value is -2.29. The monoisotopic (exact) mass is 501 g/mol. The summed E-state index contributed by atoms with van der Waals surface area (Å²) in [7, 11) is -3.63. The molecule has 0 aliphatic carbocycles. The SMILES string of the molecule is CC(C)CN(CC(C)C)S(=O)(=O)c1ccc2nc(NC(=O)c3ccc(C(C)(C)C)cc3)sc2c1. The lowest BCUT2D eigenvalue weighted by Gasteiger charge is -2.25. The molecule has 1 amide bonds. The van der Waals surface area contributed by atoms with Gasteiger partial charge >= 0.3 is 0 Å². The summed E-state index contributed by atoms with van der Waals surface area (Å²) in [6.45, 7) is 15.4. The van der Waals surface area contributed by atoms with Crippen LogP contribution in [0.2, 0.25) is 0 Å². The molecule has 0 radical (unpaired) electrons. The van der Waals surface area contributed by atoms with Gasteiger partial charge < -0.3 is 0 Å². The summed E-state index contributed by atoms with van der Waals surface area (Å²) in [5, 5.41) is 3.29. The third-order valence-corrected chi connectivity index (χ3v) is 8.13. The minimum Gasteiger partial charge on any atom is -0.298 e. The maximum absolute atomic E-state index is 13.4. The van der Waals surface area contributed by atoms with E-state index in [4.69, 9.17) is 0 Å². The van der Waals surface area contributed by atoms with Crippen LogP contribution in [0.3, 0.4) is 0 Å². The second-order valence-corrected chi connectivity index (χ2v) is 13.5. The Morgan fingerprint density at radius 3 is 2.12 bits per heavy atom. The second-order valence-electron chi connectivity index (χ2n) is 10.5. The molecule has 6 nitrogen and oxygen atoms in total. The van der Waals surface area contributed by atoms with Crippen LogP contribution >= 0.6 is 11.3 Å². The first-order valence-corrected chi connectivity index (χ1v) is 13.9. The quantitative estimate of drug-likeness (QED) is 0.401. The van der Waals surface area contributed by atoms with Crippen molar-refractivity contribution in [3.05, 3.63) is 53.6 Å². The number of anilines is 1. The van der Waals surface area contributed by atoms with Crippen LogP contribution in [0.1, 0.15) is 64.4 Å². The van der Waals surface area contributed by atoms with Gasteiger partial charge in [0, 0.05) is 18.7 Å². The lowest BCUT2D eigenvalue weighted by atomic mass is 9.87. The summed E-state index contributed by atoms with van der Waals surface area (Å²) in [5.74, 6) is 0.201. The van der Waals surface area contributed by atoms with Gasteiger partial charge in [0.2, 0.25) is 10.0 Å². The van der Waals surface area contributed by atoms with Crippen molar-refractivity contribution in [3.8, 4) is 0 Å². The predicted octanol–water partition coefficient (Wildman–Crippen LogP) is 6.15. The normalized spacial score (nSPS) is 12.8. The van der Waals surface area contributed by atoms with Gasteiger partial charge in [-0.15, -0.1) is 0 Å². The van der Waals surface area contributed by atoms with E-state index in [2.05, 4.69) is 31.1 Å². The number of sulfonamides is 1. The highest BCUT2D eigenvalue weighted by Gasteiger charge is 2.26. The van der Waals surface area contributed by atoms with Crippen LogP contribution in [-0.2, 0) is 15.4 Å². The minimum absolute atomic E-state index is 0.0139. The average molecular weight is 502 g/mol. The molecule has 0 fully saturated rings. The van der Waals surface area contributed by atoms with Gasteiger partial charge in [-0.05, 0) is 53.1 Å². The third-order valence-electron chi connectivity index (χ3n) is 5.37. The van der Waals surface area contributed by atoms with Crippen LogP contribution in [0, 0.1) is 11.8 Å². The van der Waals surface area contributed by atoms with Crippen LogP contribution in [0.5, 0.6) is 0 Å². The zero-order valence-electron chi connectivity index (χ0n) is 21.0. The maximum Gasteiger partial charge on any atom is 0.257 e. The van der Waals surface area contributed by atoms with Crippen molar-refractivity contribution in [1.29, 1.82) is 0 Å². The van der Waals surface area contributed by atoms with Crippen molar-refractivity contribution in [3.63, 3.8) is 0 Å². The summed E-state index contributed by atoms with van der Waals surface area (Å²) in [4.78, 5) is 17.5. The topological polar surface area (TPSA) is 79.4 Å². The zero-order valence-corrected chi connectivity index (χ0v) is 22.7. The fourth-order valence-corrected chi connectivity index (χ4v) is 6.41. The Bertz CT molecular complexity index is 1240. The second kappa shape index (κ2) is 10.1. The van der Waals surface area contributed by atoms with Gasteiger partial charge in [0.1, 0.15) is 0 Å². The molecule has 0 spiro atoms. The van der Waals surface area contributed by atoms with E-state index in [1.807, 2.05) is 52.0 Å². The molecular weight excluding hydrogens is 466 g/mol. The smallest absolute Gasteiger partial charge is 0.257 e. The van der Waals surface area contributed by atoms with E-state index in [1.165, 1.54) is 11.3 Å². The molecule has 0 saturated heterocycles. The van der Waals surface area contributed by atoms with E-state index in [9.17, 15) is 13.2 Å². The van der Waals surface area contributed by atoms with Gasteiger partial charge in [-0.3, -0.25) is 10.1 Å². The lowest BCUT2D eigenvalue weighted by molar-refractivity contribution is 0.102. The molecule has 34 heavy (non-hydrogen) atoms. The Kier molecular flexibility index (Phi) is 7.85. The predicted molar refractivity (Wildman–Crippen MR) is 141 cm³/mol. The van der Waals surface area contributed by atoms with Gasteiger partial charge in [0.25, 0.3) is 5.91 Å². The van der Waals surface area contributed by atoms with Crippen LogP contribution in [0.25, 0.3) is 10.2 Å². The molecular formula is C26H35N3O3S2. The molecule has 1 N–H and O–H groups in total.